The number of aromatic nitrogens is 2. The number of hydrogen-bond donors (Lipinski definition) is 1. The second-order valence-electron chi connectivity index (χ2n) is 5.45. The summed E-state index contributed by atoms with van der Waals surface area (Å²) in [6.45, 7) is 3.70. The highest BCUT2D eigenvalue weighted by molar-refractivity contribution is 5.50. The fraction of sp³-hybridized carbons (Fsp3) is 0.714. The Labute approximate surface area is 115 Å². The molecule has 0 bridgehead atoms. The third-order valence-electron chi connectivity index (χ3n) is 3.79. The molecule has 0 aromatic carbocycles. The first-order valence-corrected chi connectivity index (χ1v) is 6.99. The summed E-state index contributed by atoms with van der Waals surface area (Å²) in [5.41, 5.74) is 0. The molecule has 0 unspecified atom stereocenters. The highest BCUT2D eigenvalue weighted by Gasteiger charge is 2.20. The van der Waals surface area contributed by atoms with Gasteiger partial charge in [0.05, 0.1) is 6.61 Å². The average Bonchev–Trinajstić information content (AvgIpc) is 2.33. The Bertz CT molecular complexity index is 420. The predicted octanol–water partition coefficient (Wildman–Crippen LogP) is 1.45. The molecular formula is C14H24N4O. The van der Waals surface area contributed by atoms with Crippen LogP contribution in [0.2, 0.25) is 0 Å². The first kappa shape index (κ1) is 14.1. The maximum absolute atomic E-state index is 9.01. The van der Waals surface area contributed by atoms with E-state index in [4.69, 9.17) is 5.11 Å². The molecule has 5 nitrogen and oxygen atoms in total. The van der Waals surface area contributed by atoms with Gasteiger partial charge in [0.25, 0.3) is 0 Å². The maximum Gasteiger partial charge on any atom is 0.134 e. The number of likely N-dealkylation sites (N-methyl/N-ethyl adjacent to an activating group) is 1. The van der Waals surface area contributed by atoms with Crippen molar-refractivity contribution in [2.45, 2.75) is 26.2 Å². The van der Waals surface area contributed by atoms with Gasteiger partial charge >= 0.3 is 0 Å². The van der Waals surface area contributed by atoms with E-state index in [2.05, 4.69) is 21.9 Å². The second-order valence-corrected chi connectivity index (χ2v) is 5.45. The molecule has 1 fully saturated rings. The quantitative estimate of drug-likeness (QED) is 0.843. The summed E-state index contributed by atoms with van der Waals surface area (Å²) in [6.07, 6.45) is 4.04. The summed E-state index contributed by atoms with van der Waals surface area (Å²) in [5.74, 6) is 3.44. The van der Waals surface area contributed by atoms with Crippen molar-refractivity contribution >= 4 is 11.6 Å². The minimum Gasteiger partial charge on any atom is -0.395 e. The average molecular weight is 264 g/mol. The van der Waals surface area contributed by atoms with E-state index in [9.17, 15) is 0 Å². The van der Waals surface area contributed by atoms with Crippen LogP contribution >= 0.6 is 0 Å². The van der Waals surface area contributed by atoms with Gasteiger partial charge in [0.1, 0.15) is 17.5 Å². The lowest BCUT2D eigenvalue weighted by atomic mass is 9.85. The molecule has 0 amide bonds. The van der Waals surface area contributed by atoms with Crippen LogP contribution in [-0.4, -0.2) is 48.9 Å². The molecule has 2 rings (SSSR count). The van der Waals surface area contributed by atoms with E-state index in [1.807, 2.05) is 24.9 Å². The fourth-order valence-corrected chi connectivity index (χ4v) is 2.35. The fourth-order valence-electron chi connectivity index (χ4n) is 2.35. The van der Waals surface area contributed by atoms with Crippen LogP contribution in [0.15, 0.2) is 6.07 Å². The van der Waals surface area contributed by atoms with Crippen molar-refractivity contribution in [2.24, 2.45) is 5.92 Å². The molecule has 0 radical (unpaired) electrons. The van der Waals surface area contributed by atoms with Gasteiger partial charge < -0.3 is 14.9 Å². The zero-order chi connectivity index (χ0) is 13.8. The van der Waals surface area contributed by atoms with Crippen molar-refractivity contribution in [3.63, 3.8) is 0 Å². The number of anilines is 2. The van der Waals surface area contributed by atoms with Crippen LogP contribution in [0.4, 0.5) is 11.6 Å². The first-order valence-electron chi connectivity index (χ1n) is 6.99. The monoisotopic (exact) mass is 264 g/mol. The summed E-state index contributed by atoms with van der Waals surface area (Å²) < 4.78 is 0. The van der Waals surface area contributed by atoms with Gasteiger partial charge in [0, 0.05) is 33.3 Å². The largest absolute Gasteiger partial charge is 0.395 e. The highest BCUT2D eigenvalue weighted by atomic mass is 16.3. The van der Waals surface area contributed by atoms with Crippen LogP contribution in [0.1, 0.15) is 25.1 Å². The minimum absolute atomic E-state index is 0.132. The lowest BCUT2D eigenvalue weighted by Gasteiger charge is -2.31. The Kier molecular flexibility index (Phi) is 4.58. The first-order chi connectivity index (χ1) is 9.10. The van der Waals surface area contributed by atoms with Gasteiger partial charge in [-0.1, -0.05) is 6.42 Å². The molecule has 106 valence electrons. The van der Waals surface area contributed by atoms with Crippen LogP contribution in [0.5, 0.6) is 0 Å². The molecular weight excluding hydrogens is 240 g/mol. The van der Waals surface area contributed by atoms with E-state index in [1.165, 1.54) is 19.3 Å². The van der Waals surface area contributed by atoms with Crippen LogP contribution in [-0.2, 0) is 0 Å². The summed E-state index contributed by atoms with van der Waals surface area (Å²) in [4.78, 5) is 13.1. The maximum atomic E-state index is 9.01. The number of aryl methyl sites for hydroxylation is 1. The lowest BCUT2D eigenvalue weighted by Crippen LogP contribution is -2.30. The number of aliphatic hydroxyl groups excluding tert-OH is 1. The standard InChI is InChI=1S/C14H24N4O/c1-11-15-13(17(2)7-8-19)9-14(16-11)18(3)10-12-5-4-6-12/h9,12,19H,4-8,10H2,1-3H3. The molecule has 1 aromatic heterocycles. The van der Waals surface area contributed by atoms with Crippen molar-refractivity contribution in [2.75, 3.05) is 43.6 Å². The number of rotatable bonds is 6. The summed E-state index contributed by atoms with van der Waals surface area (Å²) >= 11 is 0. The Balaban J connectivity index is 2.10. The van der Waals surface area contributed by atoms with Gasteiger partial charge in [-0.25, -0.2) is 9.97 Å². The van der Waals surface area contributed by atoms with E-state index in [-0.39, 0.29) is 6.61 Å². The molecule has 1 aromatic rings. The van der Waals surface area contributed by atoms with Gasteiger partial charge in [-0.05, 0) is 25.7 Å². The zero-order valence-corrected chi connectivity index (χ0v) is 12.1. The molecule has 1 heterocycles. The van der Waals surface area contributed by atoms with Crippen molar-refractivity contribution in [1.82, 2.24) is 9.97 Å². The molecule has 1 N–H and O–H groups in total. The number of nitrogens with zero attached hydrogens (tertiary/aromatic N) is 4. The van der Waals surface area contributed by atoms with E-state index in [0.717, 1.165) is 29.9 Å². The molecule has 19 heavy (non-hydrogen) atoms. The van der Waals surface area contributed by atoms with Gasteiger partial charge in [0.15, 0.2) is 0 Å². The smallest absolute Gasteiger partial charge is 0.134 e. The molecule has 0 saturated heterocycles. The summed E-state index contributed by atoms with van der Waals surface area (Å²) in [6, 6.07) is 2.00. The van der Waals surface area contributed by atoms with Crippen LogP contribution < -0.4 is 9.80 Å². The molecule has 0 aliphatic heterocycles. The molecule has 0 spiro atoms. The van der Waals surface area contributed by atoms with Crippen LogP contribution in [0, 0.1) is 12.8 Å². The second kappa shape index (κ2) is 6.19. The zero-order valence-electron chi connectivity index (χ0n) is 12.1. The SMILES string of the molecule is Cc1nc(N(C)CCO)cc(N(C)CC2CCC2)n1. The molecule has 1 saturated carbocycles. The van der Waals surface area contributed by atoms with E-state index >= 15 is 0 Å². The number of hydrogen-bond acceptors (Lipinski definition) is 5. The Morgan fingerprint density at radius 3 is 2.37 bits per heavy atom. The number of aliphatic hydroxyl groups is 1. The Morgan fingerprint density at radius 1 is 1.21 bits per heavy atom. The van der Waals surface area contributed by atoms with Gasteiger partial charge in [-0.2, -0.15) is 0 Å². The summed E-state index contributed by atoms with van der Waals surface area (Å²) in [7, 11) is 4.03. The Hall–Kier alpha value is -1.36. The van der Waals surface area contributed by atoms with E-state index in [0.29, 0.717) is 6.54 Å². The molecule has 1 aliphatic carbocycles. The van der Waals surface area contributed by atoms with Crippen molar-refractivity contribution in [3.8, 4) is 0 Å². The minimum atomic E-state index is 0.132. The Morgan fingerprint density at radius 2 is 1.84 bits per heavy atom. The highest BCUT2D eigenvalue weighted by Crippen LogP contribution is 2.28. The van der Waals surface area contributed by atoms with Gasteiger partial charge in [0.2, 0.25) is 0 Å². The molecule has 5 heteroatoms. The van der Waals surface area contributed by atoms with Crippen molar-refractivity contribution in [1.29, 1.82) is 0 Å². The van der Waals surface area contributed by atoms with Crippen molar-refractivity contribution in [3.05, 3.63) is 11.9 Å². The third kappa shape index (κ3) is 3.56. The molecule has 1 aliphatic rings. The predicted molar refractivity (Wildman–Crippen MR) is 77.7 cm³/mol. The normalized spacial score (nSPS) is 15.2. The van der Waals surface area contributed by atoms with Crippen LogP contribution in [0.3, 0.4) is 0 Å². The third-order valence-corrected chi connectivity index (χ3v) is 3.79. The van der Waals surface area contributed by atoms with Crippen LogP contribution in [0.25, 0.3) is 0 Å². The van der Waals surface area contributed by atoms with E-state index in [1.54, 1.807) is 0 Å². The molecule has 0 atom stereocenters. The summed E-state index contributed by atoms with van der Waals surface area (Å²) in [5, 5.41) is 9.01. The van der Waals surface area contributed by atoms with E-state index < -0.39 is 0 Å². The lowest BCUT2D eigenvalue weighted by molar-refractivity contribution is 0.304. The van der Waals surface area contributed by atoms with Gasteiger partial charge in [-0.15, -0.1) is 0 Å². The van der Waals surface area contributed by atoms with Crippen molar-refractivity contribution < 1.29 is 5.11 Å². The van der Waals surface area contributed by atoms with Gasteiger partial charge in [-0.3, -0.25) is 0 Å². The topological polar surface area (TPSA) is 52.5 Å².